The van der Waals surface area contributed by atoms with Gasteiger partial charge >= 0.3 is 0 Å². The van der Waals surface area contributed by atoms with Gasteiger partial charge in [-0.1, -0.05) is 0 Å². The summed E-state index contributed by atoms with van der Waals surface area (Å²) < 4.78 is 0. The molecule has 0 radical (unpaired) electrons. The van der Waals surface area contributed by atoms with Crippen LogP contribution < -0.4 is 0 Å². The first kappa shape index (κ1) is 9.88. The molecule has 5 nitrogen and oxygen atoms in total. The van der Waals surface area contributed by atoms with E-state index < -0.39 is 36.9 Å². The third-order valence-corrected chi connectivity index (χ3v) is 2.38. The molecule has 0 unspecified atom stereocenters. The van der Waals surface area contributed by atoms with Crippen molar-refractivity contribution in [3.05, 3.63) is 0 Å². The summed E-state index contributed by atoms with van der Waals surface area (Å²) in [5.41, 5.74) is 0. The van der Waals surface area contributed by atoms with E-state index in [2.05, 4.69) is 0 Å². The van der Waals surface area contributed by atoms with Crippen LogP contribution in [0.25, 0.3) is 0 Å². The smallest absolute Gasteiger partial charge is 0.106 e. The summed E-state index contributed by atoms with van der Waals surface area (Å²) in [6.45, 7) is -0.471. The van der Waals surface area contributed by atoms with Crippen LogP contribution >= 0.6 is 0 Å². The van der Waals surface area contributed by atoms with E-state index in [0.29, 0.717) is 0 Å². The van der Waals surface area contributed by atoms with Gasteiger partial charge in [-0.25, -0.2) is 0 Å². The molecule has 0 aromatic heterocycles. The van der Waals surface area contributed by atoms with Gasteiger partial charge < -0.3 is 25.5 Å². The van der Waals surface area contributed by atoms with Crippen LogP contribution in [0.1, 0.15) is 6.42 Å². The van der Waals surface area contributed by atoms with Crippen molar-refractivity contribution >= 4 is 0 Å². The highest BCUT2D eigenvalue weighted by molar-refractivity contribution is 4.93. The molecule has 5 atom stereocenters. The predicted molar refractivity (Wildman–Crippen MR) is 39.2 cm³/mol. The van der Waals surface area contributed by atoms with Crippen molar-refractivity contribution in [1.82, 2.24) is 0 Å². The second-order valence-corrected chi connectivity index (χ2v) is 3.20. The van der Waals surface area contributed by atoms with E-state index in [-0.39, 0.29) is 6.42 Å². The van der Waals surface area contributed by atoms with E-state index in [0.717, 1.165) is 0 Å². The Balaban J connectivity index is 2.58. The van der Waals surface area contributed by atoms with Crippen molar-refractivity contribution in [2.75, 3.05) is 6.61 Å². The highest BCUT2D eigenvalue weighted by atomic mass is 16.4. The number of rotatable bonds is 2. The zero-order valence-electron chi connectivity index (χ0n) is 6.54. The van der Waals surface area contributed by atoms with E-state index in [1.807, 2.05) is 0 Å². The van der Waals surface area contributed by atoms with Crippen molar-refractivity contribution < 1.29 is 25.5 Å². The standard InChI is InChI=1S/C7H14O5/c8-2-5(10)3-1-4(9)7(12)6(3)11/h3-12H,1-2H2/t3-,4+,5-,6+,7+/m0/s1. The van der Waals surface area contributed by atoms with Gasteiger partial charge in [0.15, 0.2) is 0 Å². The van der Waals surface area contributed by atoms with Crippen molar-refractivity contribution in [2.24, 2.45) is 5.92 Å². The molecule has 12 heavy (non-hydrogen) atoms. The number of hydrogen-bond donors (Lipinski definition) is 5. The number of aliphatic hydroxyl groups excluding tert-OH is 5. The molecule has 0 bridgehead atoms. The summed E-state index contributed by atoms with van der Waals surface area (Å²) in [5, 5.41) is 45.1. The Morgan fingerprint density at radius 2 is 1.75 bits per heavy atom. The summed E-state index contributed by atoms with van der Waals surface area (Å²) in [5.74, 6) is -0.639. The normalized spacial score (nSPS) is 44.8. The van der Waals surface area contributed by atoms with E-state index in [1.54, 1.807) is 0 Å². The van der Waals surface area contributed by atoms with E-state index in [1.165, 1.54) is 0 Å². The Kier molecular flexibility index (Phi) is 3.03. The van der Waals surface area contributed by atoms with Gasteiger partial charge in [0.05, 0.1) is 24.9 Å². The second-order valence-electron chi connectivity index (χ2n) is 3.20. The van der Waals surface area contributed by atoms with Crippen LogP contribution in [-0.4, -0.2) is 56.6 Å². The largest absolute Gasteiger partial charge is 0.394 e. The zero-order valence-corrected chi connectivity index (χ0v) is 6.54. The van der Waals surface area contributed by atoms with Crippen molar-refractivity contribution in [3.63, 3.8) is 0 Å². The van der Waals surface area contributed by atoms with Gasteiger partial charge in [-0.15, -0.1) is 0 Å². The number of aliphatic hydroxyl groups is 5. The molecule has 72 valence electrons. The molecule has 1 aliphatic rings. The Morgan fingerprint density at radius 1 is 1.17 bits per heavy atom. The maximum absolute atomic E-state index is 9.25. The van der Waals surface area contributed by atoms with Gasteiger partial charge in [0.2, 0.25) is 0 Å². The molecule has 0 aromatic rings. The minimum Gasteiger partial charge on any atom is -0.394 e. The maximum atomic E-state index is 9.25. The fraction of sp³-hybridized carbons (Fsp3) is 1.00. The summed E-state index contributed by atoms with van der Waals surface area (Å²) in [4.78, 5) is 0. The molecule has 0 amide bonds. The molecular weight excluding hydrogens is 164 g/mol. The van der Waals surface area contributed by atoms with Crippen LogP contribution in [-0.2, 0) is 0 Å². The molecule has 0 aromatic carbocycles. The summed E-state index contributed by atoms with van der Waals surface area (Å²) >= 11 is 0. The van der Waals surface area contributed by atoms with Gasteiger partial charge in [-0.2, -0.15) is 0 Å². The first-order valence-corrected chi connectivity index (χ1v) is 3.91. The Labute approximate surface area is 69.9 Å². The van der Waals surface area contributed by atoms with Gasteiger partial charge in [0.25, 0.3) is 0 Å². The highest BCUT2D eigenvalue weighted by Gasteiger charge is 2.43. The lowest BCUT2D eigenvalue weighted by molar-refractivity contribution is -0.0496. The predicted octanol–water partition coefficient (Wildman–Crippen LogP) is -2.56. The quantitative estimate of drug-likeness (QED) is 0.320. The van der Waals surface area contributed by atoms with Crippen molar-refractivity contribution in [1.29, 1.82) is 0 Å². The lowest BCUT2D eigenvalue weighted by Crippen LogP contribution is -2.35. The summed E-state index contributed by atoms with van der Waals surface area (Å²) in [6.07, 6.45) is -4.33. The Bertz CT molecular complexity index is 151. The first-order valence-electron chi connectivity index (χ1n) is 3.91. The maximum Gasteiger partial charge on any atom is 0.106 e. The minimum absolute atomic E-state index is 0.115. The van der Waals surface area contributed by atoms with Crippen molar-refractivity contribution in [3.8, 4) is 0 Å². The Morgan fingerprint density at radius 3 is 2.08 bits per heavy atom. The monoisotopic (exact) mass is 178 g/mol. The van der Waals surface area contributed by atoms with Crippen LogP contribution in [0.15, 0.2) is 0 Å². The number of hydrogen-bond acceptors (Lipinski definition) is 5. The van der Waals surface area contributed by atoms with E-state index >= 15 is 0 Å². The average molecular weight is 178 g/mol. The molecule has 0 saturated heterocycles. The molecule has 1 saturated carbocycles. The SMILES string of the molecule is OC[C@H](O)[C@@H]1C[C@@H](O)[C@@H](O)[C@@H]1O. The molecule has 0 heterocycles. The van der Waals surface area contributed by atoms with Gasteiger partial charge in [-0.05, 0) is 6.42 Å². The van der Waals surface area contributed by atoms with Gasteiger partial charge in [0.1, 0.15) is 6.10 Å². The zero-order chi connectivity index (χ0) is 9.30. The third-order valence-electron chi connectivity index (χ3n) is 2.38. The third kappa shape index (κ3) is 1.60. The Hall–Kier alpha value is -0.200. The molecule has 1 aliphatic carbocycles. The molecular formula is C7H14O5. The molecule has 0 spiro atoms. The van der Waals surface area contributed by atoms with E-state index in [4.69, 9.17) is 20.4 Å². The van der Waals surface area contributed by atoms with Crippen LogP contribution in [0.2, 0.25) is 0 Å². The van der Waals surface area contributed by atoms with Crippen LogP contribution in [0.5, 0.6) is 0 Å². The summed E-state index contributed by atoms with van der Waals surface area (Å²) in [7, 11) is 0. The van der Waals surface area contributed by atoms with Crippen LogP contribution in [0.4, 0.5) is 0 Å². The van der Waals surface area contributed by atoms with Crippen LogP contribution in [0, 0.1) is 5.92 Å². The average Bonchev–Trinajstić information content (AvgIpc) is 2.32. The molecule has 1 fully saturated rings. The molecule has 0 aliphatic heterocycles. The topological polar surface area (TPSA) is 101 Å². The molecule has 5 N–H and O–H groups in total. The highest BCUT2D eigenvalue weighted by Crippen LogP contribution is 2.29. The van der Waals surface area contributed by atoms with Gasteiger partial charge in [0, 0.05) is 5.92 Å². The lowest BCUT2D eigenvalue weighted by Gasteiger charge is -2.19. The van der Waals surface area contributed by atoms with Crippen molar-refractivity contribution in [2.45, 2.75) is 30.8 Å². The second kappa shape index (κ2) is 3.68. The lowest BCUT2D eigenvalue weighted by atomic mass is 9.99. The van der Waals surface area contributed by atoms with E-state index in [9.17, 15) is 5.11 Å². The summed E-state index contributed by atoms with van der Waals surface area (Å²) in [6, 6.07) is 0. The van der Waals surface area contributed by atoms with Gasteiger partial charge in [-0.3, -0.25) is 0 Å². The minimum atomic E-state index is -1.21. The fourth-order valence-corrected chi connectivity index (χ4v) is 1.56. The van der Waals surface area contributed by atoms with Crippen LogP contribution in [0.3, 0.4) is 0 Å². The molecule has 1 rings (SSSR count). The molecule has 5 heteroatoms. The first-order chi connectivity index (χ1) is 5.57. The fourth-order valence-electron chi connectivity index (χ4n) is 1.56.